The summed E-state index contributed by atoms with van der Waals surface area (Å²) in [6.07, 6.45) is 1.54. The van der Waals surface area contributed by atoms with Crippen LogP contribution in [0.25, 0.3) is 0 Å². The van der Waals surface area contributed by atoms with Gasteiger partial charge < -0.3 is 10.5 Å². The minimum atomic E-state index is -3.79. The summed E-state index contributed by atoms with van der Waals surface area (Å²) in [4.78, 5) is 4.02. The van der Waals surface area contributed by atoms with Gasteiger partial charge in [-0.3, -0.25) is 9.71 Å². The van der Waals surface area contributed by atoms with Crippen LogP contribution in [0, 0.1) is 13.8 Å². The molecule has 0 saturated heterocycles. The number of nitrogens with zero attached hydrogens (tertiary/aromatic N) is 1. The van der Waals surface area contributed by atoms with Gasteiger partial charge in [-0.05, 0) is 43.7 Å². The van der Waals surface area contributed by atoms with Crippen molar-refractivity contribution in [3.05, 3.63) is 41.7 Å². The number of methoxy groups -OCH3 is 1. The molecule has 0 unspecified atom stereocenters. The van der Waals surface area contributed by atoms with E-state index in [2.05, 4.69) is 9.71 Å². The third-order valence-electron chi connectivity index (χ3n) is 2.99. The predicted octanol–water partition coefficient (Wildman–Crippen LogP) is 2.09. The summed E-state index contributed by atoms with van der Waals surface area (Å²) < 4.78 is 32.6. The topological polar surface area (TPSA) is 94.3 Å². The second-order valence-corrected chi connectivity index (χ2v) is 6.30. The first-order chi connectivity index (χ1) is 9.83. The summed E-state index contributed by atoms with van der Waals surface area (Å²) in [5, 5.41) is 0. The van der Waals surface area contributed by atoms with E-state index in [0.717, 1.165) is 5.56 Å². The van der Waals surface area contributed by atoms with E-state index in [1.165, 1.54) is 19.4 Å². The van der Waals surface area contributed by atoms with Crippen LogP contribution in [0.1, 0.15) is 11.3 Å². The fraction of sp³-hybridized carbons (Fsp3) is 0.214. The molecule has 0 fully saturated rings. The first-order valence-corrected chi connectivity index (χ1v) is 7.71. The lowest BCUT2D eigenvalue weighted by molar-refractivity contribution is 0.402. The number of rotatable bonds is 4. The van der Waals surface area contributed by atoms with Crippen LogP contribution >= 0.6 is 0 Å². The number of pyridine rings is 1. The number of ether oxygens (including phenoxy) is 1. The van der Waals surface area contributed by atoms with Crippen LogP contribution in [0.4, 0.5) is 11.4 Å². The van der Waals surface area contributed by atoms with Crippen LogP contribution in [0.2, 0.25) is 0 Å². The maximum atomic E-state index is 12.5. The molecule has 21 heavy (non-hydrogen) atoms. The van der Waals surface area contributed by atoms with Crippen molar-refractivity contribution < 1.29 is 13.2 Å². The van der Waals surface area contributed by atoms with Crippen molar-refractivity contribution in [2.45, 2.75) is 18.7 Å². The Balaban J connectivity index is 2.47. The van der Waals surface area contributed by atoms with Gasteiger partial charge in [0.15, 0.2) is 0 Å². The highest BCUT2D eigenvalue weighted by Gasteiger charge is 2.21. The number of nitrogens with one attached hydrogen (secondary N) is 1. The standard InChI is InChI=1S/C14H17N3O3S/c1-9-6-13(20-3)14(8-12(9)15)21(18,19)17-11-4-5-16-10(2)7-11/h4-8H,15H2,1-3H3,(H,16,17). The van der Waals surface area contributed by atoms with Gasteiger partial charge in [0, 0.05) is 17.6 Å². The van der Waals surface area contributed by atoms with Crippen molar-refractivity contribution in [3.63, 3.8) is 0 Å². The summed E-state index contributed by atoms with van der Waals surface area (Å²) in [7, 11) is -2.38. The predicted molar refractivity (Wildman–Crippen MR) is 81.9 cm³/mol. The molecule has 0 saturated carbocycles. The molecule has 0 atom stereocenters. The average molecular weight is 307 g/mol. The summed E-state index contributed by atoms with van der Waals surface area (Å²) in [6.45, 7) is 3.57. The van der Waals surface area contributed by atoms with Crippen LogP contribution in [0.15, 0.2) is 35.4 Å². The van der Waals surface area contributed by atoms with Crippen LogP contribution in [0.5, 0.6) is 5.75 Å². The number of benzene rings is 1. The van der Waals surface area contributed by atoms with Gasteiger partial charge in [-0.25, -0.2) is 8.42 Å². The Morgan fingerprint density at radius 2 is 1.95 bits per heavy atom. The molecule has 0 bridgehead atoms. The van der Waals surface area contributed by atoms with Crippen molar-refractivity contribution in [2.24, 2.45) is 0 Å². The van der Waals surface area contributed by atoms with E-state index in [1.54, 1.807) is 32.0 Å². The average Bonchev–Trinajstić information content (AvgIpc) is 2.40. The number of aromatic nitrogens is 1. The van der Waals surface area contributed by atoms with E-state index >= 15 is 0 Å². The lowest BCUT2D eigenvalue weighted by atomic mass is 10.2. The Labute approximate surface area is 124 Å². The highest BCUT2D eigenvalue weighted by atomic mass is 32.2. The van der Waals surface area contributed by atoms with E-state index in [1.807, 2.05) is 0 Å². The summed E-state index contributed by atoms with van der Waals surface area (Å²) >= 11 is 0. The van der Waals surface area contributed by atoms with Gasteiger partial charge in [0.05, 0.1) is 12.8 Å². The summed E-state index contributed by atoms with van der Waals surface area (Å²) in [5.41, 5.74) is 8.09. The molecule has 0 spiro atoms. The third kappa shape index (κ3) is 3.25. The monoisotopic (exact) mass is 307 g/mol. The van der Waals surface area contributed by atoms with Crippen LogP contribution < -0.4 is 15.2 Å². The molecule has 1 heterocycles. The minimum Gasteiger partial charge on any atom is -0.495 e. The van der Waals surface area contributed by atoms with Crippen molar-refractivity contribution in [3.8, 4) is 5.75 Å². The molecule has 2 aromatic rings. The lowest BCUT2D eigenvalue weighted by Gasteiger charge is -2.13. The molecule has 0 aliphatic heterocycles. The molecule has 1 aromatic heterocycles. The van der Waals surface area contributed by atoms with E-state index in [0.29, 0.717) is 17.1 Å². The molecule has 112 valence electrons. The molecule has 6 nitrogen and oxygen atoms in total. The van der Waals surface area contributed by atoms with Gasteiger partial charge in [0.1, 0.15) is 10.6 Å². The van der Waals surface area contributed by atoms with Gasteiger partial charge in [0.25, 0.3) is 10.0 Å². The number of hydrogen-bond acceptors (Lipinski definition) is 5. The van der Waals surface area contributed by atoms with Crippen molar-refractivity contribution in [2.75, 3.05) is 17.6 Å². The van der Waals surface area contributed by atoms with Crippen molar-refractivity contribution in [1.82, 2.24) is 4.98 Å². The number of nitrogen functional groups attached to an aromatic ring is 1. The molecule has 1 aromatic carbocycles. The number of aryl methyl sites for hydroxylation is 2. The molecular weight excluding hydrogens is 290 g/mol. The van der Waals surface area contributed by atoms with E-state index < -0.39 is 10.0 Å². The SMILES string of the molecule is COc1cc(C)c(N)cc1S(=O)(=O)Nc1ccnc(C)c1. The van der Waals surface area contributed by atoms with Gasteiger partial charge >= 0.3 is 0 Å². The fourth-order valence-electron chi connectivity index (χ4n) is 1.87. The smallest absolute Gasteiger partial charge is 0.265 e. The zero-order valence-electron chi connectivity index (χ0n) is 12.0. The minimum absolute atomic E-state index is 0.00238. The molecular formula is C14H17N3O3S. The molecule has 0 amide bonds. The largest absolute Gasteiger partial charge is 0.495 e. The molecule has 7 heteroatoms. The summed E-state index contributed by atoms with van der Waals surface area (Å²) in [6, 6.07) is 6.21. The Bertz CT molecular complexity index is 773. The first-order valence-electron chi connectivity index (χ1n) is 6.23. The van der Waals surface area contributed by atoms with Crippen LogP contribution in [0.3, 0.4) is 0 Å². The Morgan fingerprint density at radius 1 is 1.24 bits per heavy atom. The number of sulfonamides is 1. The van der Waals surface area contributed by atoms with E-state index in [4.69, 9.17) is 10.5 Å². The number of anilines is 2. The van der Waals surface area contributed by atoms with Crippen LogP contribution in [-0.2, 0) is 10.0 Å². The van der Waals surface area contributed by atoms with Crippen LogP contribution in [-0.4, -0.2) is 20.5 Å². The summed E-state index contributed by atoms with van der Waals surface area (Å²) in [5.74, 6) is 0.250. The lowest BCUT2D eigenvalue weighted by Crippen LogP contribution is -2.15. The van der Waals surface area contributed by atoms with Crippen molar-refractivity contribution in [1.29, 1.82) is 0 Å². The second kappa shape index (κ2) is 5.61. The van der Waals surface area contributed by atoms with Gasteiger partial charge in [0.2, 0.25) is 0 Å². The fourth-order valence-corrected chi connectivity index (χ4v) is 3.10. The first kappa shape index (κ1) is 15.1. The maximum Gasteiger partial charge on any atom is 0.265 e. The molecule has 3 N–H and O–H groups in total. The quantitative estimate of drug-likeness (QED) is 0.843. The highest BCUT2D eigenvalue weighted by molar-refractivity contribution is 7.92. The molecule has 0 aliphatic rings. The zero-order chi connectivity index (χ0) is 15.6. The number of nitrogens with two attached hydrogens (primary N) is 1. The number of hydrogen-bond donors (Lipinski definition) is 2. The van der Waals surface area contributed by atoms with Gasteiger partial charge in [-0.2, -0.15) is 0 Å². The molecule has 0 aliphatic carbocycles. The van der Waals surface area contributed by atoms with E-state index in [-0.39, 0.29) is 10.6 Å². The Hall–Kier alpha value is -2.28. The second-order valence-electron chi connectivity index (χ2n) is 4.65. The Kier molecular flexibility index (Phi) is 4.04. The normalized spacial score (nSPS) is 11.2. The third-order valence-corrected chi connectivity index (χ3v) is 4.39. The maximum absolute atomic E-state index is 12.5. The Morgan fingerprint density at radius 3 is 2.57 bits per heavy atom. The molecule has 0 radical (unpaired) electrons. The molecule has 2 rings (SSSR count). The zero-order valence-corrected chi connectivity index (χ0v) is 12.9. The van der Waals surface area contributed by atoms with Crippen molar-refractivity contribution >= 4 is 21.4 Å². The van der Waals surface area contributed by atoms with Gasteiger partial charge in [-0.1, -0.05) is 0 Å². The highest BCUT2D eigenvalue weighted by Crippen LogP contribution is 2.30. The van der Waals surface area contributed by atoms with Gasteiger partial charge in [-0.15, -0.1) is 0 Å². The van der Waals surface area contributed by atoms with E-state index in [9.17, 15) is 8.42 Å².